The molecule has 0 radical (unpaired) electrons. The van der Waals surface area contributed by atoms with E-state index in [-0.39, 0.29) is 18.6 Å². The van der Waals surface area contributed by atoms with Gasteiger partial charge in [0.2, 0.25) is 0 Å². The molecule has 2 aromatic rings. The van der Waals surface area contributed by atoms with Crippen LogP contribution in [0.5, 0.6) is 0 Å². The van der Waals surface area contributed by atoms with Crippen LogP contribution in [0.2, 0.25) is 0 Å². The topological polar surface area (TPSA) is 75.6 Å². The first-order valence-electron chi connectivity index (χ1n) is 10.5. The summed E-state index contributed by atoms with van der Waals surface area (Å²) in [5.74, 6) is -1.38. The van der Waals surface area contributed by atoms with Crippen molar-refractivity contribution in [1.29, 1.82) is 0 Å². The molecule has 0 aromatic heterocycles. The van der Waals surface area contributed by atoms with Crippen molar-refractivity contribution >= 4 is 12.1 Å². The maximum Gasteiger partial charge on any atom is 0.407 e. The Morgan fingerprint density at radius 3 is 2.10 bits per heavy atom. The van der Waals surface area contributed by atoms with Crippen LogP contribution in [0.1, 0.15) is 55.6 Å². The first kappa shape index (κ1) is 19.5. The third kappa shape index (κ3) is 4.14. The summed E-state index contributed by atoms with van der Waals surface area (Å²) in [6, 6.07) is 16.0. The maximum absolute atomic E-state index is 12.5. The first-order chi connectivity index (χ1) is 14.1. The summed E-state index contributed by atoms with van der Waals surface area (Å²) in [6.45, 7) is 0.240. The van der Waals surface area contributed by atoms with Crippen LogP contribution in [0, 0.1) is 5.92 Å². The summed E-state index contributed by atoms with van der Waals surface area (Å²) in [7, 11) is 0. The zero-order valence-electron chi connectivity index (χ0n) is 16.5. The highest BCUT2D eigenvalue weighted by Crippen LogP contribution is 2.44. The molecule has 0 bridgehead atoms. The molecule has 2 N–H and O–H groups in total. The predicted octanol–water partition coefficient (Wildman–Crippen LogP) is 4.95. The van der Waals surface area contributed by atoms with Gasteiger partial charge in [-0.3, -0.25) is 4.79 Å². The van der Waals surface area contributed by atoms with E-state index in [9.17, 15) is 14.7 Å². The molecule has 2 aliphatic rings. The minimum Gasteiger partial charge on any atom is -0.481 e. The van der Waals surface area contributed by atoms with Gasteiger partial charge in [-0.25, -0.2) is 4.79 Å². The van der Waals surface area contributed by atoms with Gasteiger partial charge in [0, 0.05) is 12.0 Å². The van der Waals surface area contributed by atoms with E-state index in [1.165, 1.54) is 11.1 Å². The van der Waals surface area contributed by atoms with Gasteiger partial charge in [0.15, 0.2) is 0 Å². The van der Waals surface area contributed by atoms with E-state index in [1.54, 1.807) is 0 Å². The molecule has 152 valence electrons. The Morgan fingerprint density at radius 2 is 1.48 bits per heavy atom. The molecule has 0 saturated heterocycles. The van der Waals surface area contributed by atoms with Crippen molar-refractivity contribution in [3.63, 3.8) is 0 Å². The number of ether oxygens (including phenoxy) is 1. The molecule has 4 rings (SSSR count). The van der Waals surface area contributed by atoms with Crippen LogP contribution in [-0.2, 0) is 9.53 Å². The fourth-order valence-electron chi connectivity index (χ4n) is 4.74. The lowest BCUT2D eigenvalue weighted by atomic mass is 9.87. The Balaban J connectivity index is 1.43. The van der Waals surface area contributed by atoms with Gasteiger partial charge in [-0.15, -0.1) is 0 Å². The molecule has 5 nitrogen and oxygen atoms in total. The van der Waals surface area contributed by atoms with E-state index in [0.29, 0.717) is 12.8 Å². The molecule has 2 aliphatic carbocycles. The summed E-state index contributed by atoms with van der Waals surface area (Å²) < 4.78 is 5.60. The average molecular weight is 393 g/mol. The molecule has 2 aromatic carbocycles. The summed E-state index contributed by atoms with van der Waals surface area (Å²) in [4.78, 5) is 24.2. The van der Waals surface area contributed by atoms with Crippen LogP contribution in [0.25, 0.3) is 11.1 Å². The zero-order valence-corrected chi connectivity index (χ0v) is 16.5. The number of carboxylic acids is 1. The van der Waals surface area contributed by atoms with Crippen LogP contribution in [-0.4, -0.2) is 29.8 Å². The molecule has 2 atom stereocenters. The van der Waals surface area contributed by atoms with Crippen molar-refractivity contribution in [2.45, 2.75) is 50.5 Å². The third-order valence-electron chi connectivity index (χ3n) is 6.23. The predicted molar refractivity (Wildman–Crippen MR) is 111 cm³/mol. The SMILES string of the molecule is O=C(N[C@H]1CCCCCC[C@@H]1C(=O)O)OCC1c2ccccc2-c2ccccc21. The van der Waals surface area contributed by atoms with Crippen molar-refractivity contribution in [3.8, 4) is 11.1 Å². The molecule has 0 spiro atoms. The van der Waals surface area contributed by atoms with E-state index in [1.807, 2.05) is 24.3 Å². The van der Waals surface area contributed by atoms with Crippen LogP contribution in [0.3, 0.4) is 0 Å². The van der Waals surface area contributed by atoms with Crippen molar-refractivity contribution in [2.24, 2.45) is 5.92 Å². The number of benzene rings is 2. The summed E-state index contributed by atoms with van der Waals surface area (Å²) in [5, 5.41) is 12.4. The number of hydrogen-bond donors (Lipinski definition) is 2. The van der Waals surface area contributed by atoms with Crippen molar-refractivity contribution in [1.82, 2.24) is 5.32 Å². The Morgan fingerprint density at radius 1 is 0.897 bits per heavy atom. The molecule has 1 amide bonds. The minimum absolute atomic E-state index is 0.000698. The van der Waals surface area contributed by atoms with E-state index < -0.39 is 18.0 Å². The zero-order chi connectivity index (χ0) is 20.2. The van der Waals surface area contributed by atoms with Gasteiger partial charge in [-0.05, 0) is 35.1 Å². The smallest absolute Gasteiger partial charge is 0.407 e. The molecular weight excluding hydrogens is 366 g/mol. The van der Waals surface area contributed by atoms with Crippen molar-refractivity contribution in [3.05, 3.63) is 59.7 Å². The second-order valence-electron chi connectivity index (χ2n) is 8.01. The molecule has 29 heavy (non-hydrogen) atoms. The van der Waals surface area contributed by atoms with Crippen LogP contribution in [0.4, 0.5) is 4.79 Å². The number of aliphatic carboxylic acids is 1. The number of fused-ring (bicyclic) bond motifs is 3. The Hall–Kier alpha value is -2.82. The molecule has 5 heteroatoms. The quantitative estimate of drug-likeness (QED) is 0.771. The van der Waals surface area contributed by atoms with Gasteiger partial charge < -0.3 is 15.2 Å². The van der Waals surface area contributed by atoms with Gasteiger partial charge in [0.05, 0.1) is 5.92 Å². The van der Waals surface area contributed by atoms with Crippen LogP contribution < -0.4 is 5.32 Å². The number of carbonyl (C=O) groups excluding carboxylic acids is 1. The number of nitrogens with one attached hydrogen (secondary N) is 1. The highest BCUT2D eigenvalue weighted by atomic mass is 16.5. The van der Waals surface area contributed by atoms with Crippen LogP contribution >= 0.6 is 0 Å². The number of rotatable bonds is 4. The number of carbonyl (C=O) groups is 2. The molecule has 0 heterocycles. The van der Waals surface area contributed by atoms with E-state index in [0.717, 1.165) is 36.8 Å². The maximum atomic E-state index is 12.5. The number of hydrogen-bond acceptors (Lipinski definition) is 3. The van der Waals surface area contributed by atoms with E-state index >= 15 is 0 Å². The second-order valence-corrected chi connectivity index (χ2v) is 8.01. The Labute approximate surface area is 171 Å². The van der Waals surface area contributed by atoms with Gasteiger partial charge in [0.1, 0.15) is 6.61 Å². The van der Waals surface area contributed by atoms with Gasteiger partial charge in [-0.2, -0.15) is 0 Å². The van der Waals surface area contributed by atoms with Gasteiger partial charge in [0.25, 0.3) is 0 Å². The normalized spacial score (nSPS) is 21.4. The lowest BCUT2D eigenvalue weighted by Gasteiger charge is -2.27. The molecule has 1 saturated carbocycles. The van der Waals surface area contributed by atoms with Crippen molar-refractivity contribution < 1.29 is 19.4 Å². The third-order valence-corrected chi connectivity index (χ3v) is 6.23. The summed E-state index contributed by atoms with van der Waals surface area (Å²) >= 11 is 0. The van der Waals surface area contributed by atoms with E-state index in [4.69, 9.17) is 4.74 Å². The number of amides is 1. The summed E-state index contributed by atoms with van der Waals surface area (Å²) in [6.07, 6.45) is 4.71. The molecule has 0 aliphatic heterocycles. The number of carboxylic acid groups (broad SMARTS) is 1. The Bertz CT molecular complexity index is 848. The highest BCUT2D eigenvalue weighted by molar-refractivity contribution is 5.79. The summed E-state index contributed by atoms with van der Waals surface area (Å²) in [5.41, 5.74) is 4.69. The average Bonchev–Trinajstić information content (AvgIpc) is 3.02. The van der Waals surface area contributed by atoms with Gasteiger partial charge in [-0.1, -0.05) is 74.2 Å². The molecular formula is C24H27NO4. The monoisotopic (exact) mass is 393 g/mol. The standard InChI is InChI=1S/C24H27NO4/c26-23(27)20-13-3-1-2-4-14-22(20)25-24(28)29-15-21-18-11-7-5-9-16(18)17-10-6-8-12-19(17)21/h5-12,20-22H,1-4,13-15H2,(H,25,28)(H,26,27)/t20-,22-/m0/s1. The lowest BCUT2D eigenvalue weighted by Crippen LogP contribution is -2.44. The van der Waals surface area contributed by atoms with Gasteiger partial charge >= 0.3 is 12.1 Å². The number of alkyl carbamates (subject to hydrolysis) is 1. The highest BCUT2D eigenvalue weighted by Gasteiger charge is 2.32. The lowest BCUT2D eigenvalue weighted by molar-refractivity contribution is -0.143. The Kier molecular flexibility index (Phi) is 5.84. The van der Waals surface area contributed by atoms with Crippen molar-refractivity contribution in [2.75, 3.05) is 6.61 Å². The largest absolute Gasteiger partial charge is 0.481 e. The second kappa shape index (κ2) is 8.68. The molecule has 0 unspecified atom stereocenters. The fraction of sp³-hybridized carbons (Fsp3) is 0.417. The first-order valence-corrected chi connectivity index (χ1v) is 10.5. The molecule has 1 fully saturated rings. The minimum atomic E-state index is -0.837. The van der Waals surface area contributed by atoms with E-state index in [2.05, 4.69) is 29.6 Å². The fourth-order valence-corrected chi connectivity index (χ4v) is 4.74. The van der Waals surface area contributed by atoms with Crippen LogP contribution in [0.15, 0.2) is 48.5 Å².